The molecule has 28 heavy (non-hydrogen) atoms. The van der Waals surface area contributed by atoms with E-state index in [1.54, 1.807) is 23.9 Å². The maximum absolute atomic E-state index is 13.0. The van der Waals surface area contributed by atoms with Gasteiger partial charge < -0.3 is 10.2 Å². The first-order valence-corrected chi connectivity index (χ1v) is 11.2. The highest BCUT2D eigenvalue weighted by Crippen LogP contribution is 2.30. The molecule has 0 spiro atoms. The fourth-order valence-corrected chi connectivity index (χ4v) is 4.98. The van der Waals surface area contributed by atoms with E-state index in [0.717, 1.165) is 30.3 Å². The van der Waals surface area contributed by atoms with Gasteiger partial charge in [0, 0.05) is 30.4 Å². The second kappa shape index (κ2) is 11.7. The summed E-state index contributed by atoms with van der Waals surface area (Å²) in [6.07, 6.45) is 8.97. The zero-order chi connectivity index (χ0) is 19.1. The molecular weight excluding hydrogens is 397 g/mol. The molecule has 2 aliphatic rings. The molecule has 1 aromatic carbocycles. The monoisotopic (exact) mass is 427 g/mol. The SMILES string of the molecule is CCCCN1/C(=N/C2CCCCC2)SCC1CC(=O)Nc1ccc(F)cc1.Cl. The number of halogens is 2. The van der Waals surface area contributed by atoms with Crippen molar-refractivity contribution >= 4 is 40.9 Å². The summed E-state index contributed by atoms with van der Waals surface area (Å²) in [5, 5.41) is 4.02. The maximum atomic E-state index is 13.0. The standard InChI is InChI=1S/C21H30FN3OS.ClH/c1-2-3-13-25-19(14-20(26)23-18-11-9-16(22)10-12-18)15-27-21(25)24-17-7-5-4-6-8-17;/h9-12,17,19H,2-8,13-15H2,1H3,(H,23,26);1H/b24-21-;. The van der Waals surface area contributed by atoms with Gasteiger partial charge in [-0.25, -0.2) is 4.39 Å². The Kier molecular flexibility index (Phi) is 9.59. The Balaban J connectivity index is 0.00000280. The van der Waals surface area contributed by atoms with E-state index in [1.807, 2.05) is 0 Å². The number of hydrogen-bond donors (Lipinski definition) is 1. The largest absolute Gasteiger partial charge is 0.347 e. The van der Waals surface area contributed by atoms with E-state index in [9.17, 15) is 9.18 Å². The van der Waals surface area contributed by atoms with Gasteiger partial charge in [-0.15, -0.1) is 12.4 Å². The van der Waals surface area contributed by atoms with Crippen LogP contribution in [0.25, 0.3) is 0 Å². The lowest BCUT2D eigenvalue weighted by molar-refractivity contribution is -0.116. The van der Waals surface area contributed by atoms with Crippen LogP contribution in [0.1, 0.15) is 58.3 Å². The normalized spacial score (nSPS) is 21.6. The fraction of sp³-hybridized carbons (Fsp3) is 0.619. The average molecular weight is 428 g/mol. The number of carbonyl (C=O) groups excluding carboxylic acids is 1. The summed E-state index contributed by atoms with van der Waals surface area (Å²) in [5.41, 5.74) is 0.642. The number of amidine groups is 1. The Morgan fingerprint density at radius 1 is 1.25 bits per heavy atom. The number of thioether (sulfide) groups is 1. The highest BCUT2D eigenvalue weighted by Gasteiger charge is 2.32. The highest BCUT2D eigenvalue weighted by atomic mass is 35.5. The second-order valence-corrected chi connectivity index (χ2v) is 8.46. The van der Waals surface area contributed by atoms with Crippen LogP contribution in [0.5, 0.6) is 0 Å². The predicted molar refractivity (Wildman–Crippen MR) is 119 cm³/mol. The summed E-state index contributed by atoms with van der Waals surface area (Å²) in [5.74, 6) is 0.591. The number of hydrogen-bond acceptors (Lipinski definition) is 3. The topological polar surface area (TPSA) is 44.7 Å². The summed E-state index contributed by atoms with van der Waals surface area (Å²) in [4.78, 5) is 19.9. The molecule has 1 saturated heterocycles. The number of carbonyl (C=O) groups is 1. The zero-order valence-corrected chi connectivity index (χ0v) is 18.2. The first kappa shape index (κ1) is 23.0. The van der Waals surface area contributed by atoms with Gasteiger partial charge in [0.25, 0.3) is 0 Å². The molecule has 1 N–H and O–H groups in total. The molecule has 4 nitrogen and oxygen atoms in total. The van der Waals surface area contributed by atoms with Crippen LogP contribution in [-0.2, 0) is 4.79 Å². The molecule has 0 aromatic heterocycles. The third-order valence-electron chi connectivity index (χ3n) is 5.26. The second-order valence-electron chi connectivity index (χ2n) is 7.47. The predicted octanol–water partition coefficient (Wildman–Crippen LogP) is 5.48. The molecule has 1 saturated carbocycles. The van der Waals surface area contributed by atoms with E-state index >= 15 is 0 Å². The molecule has 156 valence electrons. The summed E-state index contributed by atoms with van der Waals surface area (Å²) in [6.45, 7) is 3.15. The lowest BCUT2D eigenvalue weighted by Gasteiger charge is -2.27. The number of rotatable bonds is 7. The van der Waals surface area contributed by atoms with Crippen molar-refractivity contribution in [2.45, 2.75) is 70.4 Å². The lowest BCUT2D eigenvalue weighted by Crippen LogP contribution is -2.38. The molecule has 1 aliphatic carbocycles. The average Bonchev–Trinajstić information content (AvgIpc) is 3.03. The smallest absolute Gasteiger partial charge is 0.226 e. The van der Waals surface area contributed by atoms with E-state index < -0.39 is 0 Å². The summed E-state index contributed by atoms with van der Waals surface area (Å²) in [6, 6.07) is 6.57. The maximum Gasteiger partial charge on any atom is 0.226 e. The van der Waals surface area contributed by atoms with Crippen molar-refractivity contribution in [2.24, 2.45) is 4.99 Å². The minimum absolute atomic E-state index is 0. The molecule has 7 heteroatoms. The van der Waals surface area contributed by atoms with Gasteiger partial charge in [-0.3, -0.25) is 9.79 Å². The van der Waals surface area contributed by atoms with E-state index in [2.05, 4.69) is 17.1 Å². The number of nitrogens with zero attached hydrogens (tertiary/aromatic N) is 2. The first-order chi connectivity index (χ1) is 13.2. The van der Waals surface area contributed by atoms with Gasteiger partial charge in [0.05, 0.1) is 6.04 Å². The third-order valence-corrected chi connectivity index (χ3v) is 6.41. The minimum Gasteiger partial charge on any atom is -0.347 e. The fourth-order valence-electron chi connectivity index (χ4n) is 3.71. The highest BCUT2D eigenvalue weighted by molar-refractivity contribution is 8.14. The molecule has 1 atom stereocenters. The van der Waals surface area contributed by atoms with Crippen molar-refractivity contribution in [2.75, 3.05) is 17.6 Å². The Labute approximate surface area is 178 Å². The molecule has 0 bridgehead atoms. The molecule has 1 heterocycles. The van der Waals surface area contributed by atoms with Gasteiger partial charge in [0.15, 0.2) is 5.17 Å². The number of anilines is 1. The number of nitrogens with one attached hydrogen (secondary N) is 1. The van der Waals surface area contributed by atoms with Crippen molar-refractivity contribution in [3.8, 4) is 0 Å². The van der Waals surface area contributed by atoms with Crippen LogP contribution in [0, 0.1) is 5.82 Å². The van der Waals surface area contributed by atoms with Gasteiger partial charge in [-0.05, 0) is 43.5 Å². The van der Waals surface area contributed by atoms with Crippen LogP contribution in [0.2, 0.25) is 0 Å². The third kappa shape index (κ3) is 6.66. The van der Waals surface area contributed by atoms with Crippen molar-refractivity contribution in [1.29, 1.82) is 0 Å². The van der Waals surface area contributed by atoms with Gasteiger partial charge >= 0.3 is 0 Å². The quantitative estimate of drug-likeness (QED) is 0.626. The first-order valence-electron chi connectivity index (χ1n) is 10.2. The van der Waals surface area contributed by atoms with Gasteiger partial charge in [-0.1, -0.05) is 44.4 Å². The Morgan fingerprint density at radius 2 is 1.96 bits per heavy atom. The molecule has 1 aliphatic heterocycles. The van der Waals surface area contributed by atoms with Gasteiger partial charge in [-0.2, -0.15) is 0 Å². The van der Waals surface area contributed by atoms with Crippen LogP contribution in [0.15, 0.2) is 29.3 Å². The van der Waals surface area contributed by atoms with Crippen molar-refractivity contribution in [3.63, 3.8) is 0 Å². The molecule has 1 aromatic rings. The molecule has 1 amide bonds. The Hall–Kier alpha value is -1.27. The van der Waals surface area contributed by atoms with E-state index in [-0.39, 0.29) is 30.2 Å². The van der Waals surface area contributed by atoms with Crippen LogP contribution < -0.4 is 5.32 Å². The minimum atomic E-state index is -0.297. The Bertz CT molecular complexity index is 650. The zero-order valence-electron chi connectivity index (χ0n) is 16.5. The summed E-state index contributed by atoms with van der Waals surface area (Å²) < 4.78 is 13.0. The lowest BCUT2D eigenvalue weighted by atomic mass is 9.96. The molecular formula is C21H31ClFN3OS. The van der Waals surface area contributed by atoms with Crippen LogP contribution in [0.4, 0.5) is 10.1 Å². The van der Waals surface area contributed by atoms with Gasteiger partial charge in [0.2, 0.25) is 5.91 Å². The van der Waals surface area contributed by atoms with Crippen molar-refractivity contribution < 1.29 is 9.18 Å². The van der Waals surface area contributed by atoms with Gasteiger partial charge in [0.1, 0.15) is 5.82 Å². The van der Waals surface area contributed by atoms with E-state index in [4.69, 9.17) is 4.99 Å². The number of unbranched alkanes of at least 4 members (excludes halogenated alkanes) is 1. The number of amides is 1. The van der Waals surface area contributed by atoms with Crippen molar-refractivity contribution in [1.82, 2.24) is 4.90 Å². The van der Waals surface area contributed by atoms with Crippen LogP contribution in [-0.4, -0.2) is 40.4 Å². The van der Waals surface area contributed by atoms with Crippen molar-refractivity contribution in [3.05, 3.63) is 30.1 Å². The molecule has 0 radical (unpaired) electrons. The summed E-state index contributed by atoms with van der Waals surface area (Å²) in [7, 11) is 0. The molecule has 2 fully saturated rings. The number of aliphatic imine (C=N–C) groups is 1. The Morgan fingerprint density at radius 3 is 2.64 bits per heavy atom. The van der Waals surface area contributed by atoms with E-state index in [1.165, 1.54) is 44.2 Å². The van der Waals surface area contributed by atoms with E-state index in [0.29, 0.717) is 18.2 Å². The van der Waals surface area contributed by atoms with Crippen LogP contribution >= 0.6 is 24.2 Å². The number of benzene rings is 1. The van der Waals surface area contributed by atoms with Crippen LogP contribution in [0.3, 0.4) is 0 Å². The molecule has 3 rings (SSSR count). The molecule has 1 unspecified atom stereocenters. The summed E-state index contributed by atoms with van der Waals surface area (Å²) >= 11 is 1.80.